The highest BCUT2D eigenvalue weighted by Gasteiger charge is 2.27. The molecule has 3 rings (SSSR count). The summed E-state index contributed by atoms with van der Waals surface area (Å²) in [7, 11) is 0. The van der Waals surface area contributed by atoms with Crippen molar-refractivity contribution in [2.24, 2.45) is 0 Å². The van der Waals surface area contributed by atoms with E-state index in [0.29, 0.717) is 6.54 Å². The van der Waals surface area contributed by atoms with E-state index in [9.17, 15) is 4.79 Å². The van der Waals surface area contributed by atoms with Crippen molar-refractivity contribution >= 4 is 44.5 Å². The Hall–Kier alpha value is -1.33. The molecule has 0 spiro atoms. The van der Waals surface area contributed by atoms with Gasteiger partial charge in [-0.15, -0.1) is 11.3 Å². The van der Waals surface area contributed by atoms with Gasteiger partial charge in [0.25, 0.3) is 5.91 Å². The summed E-state index contributed by atoms with van der Waals surface area (Å²) in [4.78, 5) is 14.2. The second-order valence-corrected chi connectivity index (χ2v) is 6.48. The summed E-state index contributed by atoms with van der Waals surface area (Å²) in [6.07, 6.45) is 0.832. The van der Waals surface area contributed by atoms with Crippen LogP contribution in [-0.2, 0) is 6.42 Å². The first-order valence-corrected chi connectivity index (χ1v) is 7.27. The summed E-state index contributed by atoms with van der Waals surface area (Å²) in [5.41, 5.74) is 9.46. The van der Waals surface area contributed by atoms with Crippen LogP contribution in [0.2, 0.25) is 0 Å². The molecule has 18 heavy (non-hydrogen) atoms. The summed E-state index contributed by atoms with van der Waals surface area (Å²) in [6, 6.07) is 7.59. The molecule has 0 unspecified atom stereocenters. The first kappa shape index (κ1) is 11.7. The Morgan fingerprint density at radius 2 is 2.28 bits per heavy atom. The van der Waals surface area contributed by atoms with Crippen molar-refractivity contribution in [2.75, 3.05) is 17.2 Å². The summed E-state index contributed by atoms with van der Waals surface area (Å²) >= 11 is 4.90. The zero-order valence-electron chi connectivity index (χ0n) is 9.52. The van der Waals surface area contributed by atoms with Crippen molar-refractivity contribution in [3.63, 3.8) is 0 Å². The van der Waals surface area contributed by atoms with E-state index in [1.165, 1.54) is 11.3 Å². The van der Waals surface area contributed by atoms with Gasteiger partial charge in [0, 0.05) is 28.9 Å². The molecule has 92 valence electrons. The van der Waals surface area contributed by atoms with Crippen LogP contribution in [0.25, 0.3) is 0 Å². The van der Waals surface area contributed by atoms with Crippen LogP contribution >= 0.6 is 27.3 Å². The standard InChI is InChI=1S/C13H11BrN2OS/c14-12-6-8(7-18-12)13(17)16-5-4-9-10(15)2-1-3-11(9)16/h1-3,6-7H,4-5,15H2. The van der Waals surface area contributed by atoms with Gasteiger partial charge in [-0.1, -0.05) is 6.07 Å². The maximum absolute atomic E-state index is 12.4. The van der Waals surface area contributed by atoms with Gasteiger partial charge in [-0.3, -0.25) is 4.79 Å². The molecule has 0 saturated heterocycles. The predicted octanol–water partition coefficient (Wildman–Crippen LogP) is 3.30. The van der Waals surface area contributed by atoms with Crippen molar-refractivity contribution < 1.29 is 4.79 Å². The number of thiophene rings is 1. The number of nitrogens with zero attached hydrogens (tertiary/aromatic N) is 1. The molecule has 2 N–H and O–H groups in total. The fraction of sp³-hybridized carbons (Fsp3) is 0.154. The van der Waals surface area contributed by atoms with Crippen molar-refractivity contribution in [1.29, 1.82) is 0 Å². The summed E-state index contributed by atoms with van der Waals surface area (Å²) in [5.74, 6) is 0.0429. The third-order valence-corrected chi connectivity index (χ3v) is 4.63. The minimum Gasteiger partial charge on any atom is -0.398 e. The number of amides is 1. The molecular weight excluding hydrogens is 312 g/mol. The van der Waals surface area contributed by atoms with Crippen LogP contribution in [-0.4, -0.2) is 12.5 Å². The number of halogens is 1. The number of rotatable bonds is 1. The Labute approximate surface area is 117 Å². The topological polar surface area (TPSA) is 46.3 Å². The second kappa shape index (κ2) is 4.40. The van der Waals surface area contributed by atoms with E-state index in [-0.39, 0.29) is 5.91 Å². The SMILES string of the molecule is Nc1cccc2c1CCN2C(=O)c1csc(Br)c1. The van der Waals surface area contributed by atoms with Gasteiger partial charge in [0.1, 0.15) is 0 Å². The van der Waals surface area contributed by atoms with Crippen LogP contribution < -0.4 is 10.6 Å². The molecule has 1 aliphatic rings. The average Bonchev–Trinajstić information content (AvgIpc) is 2.95. The van der Waals surface area contributed by atoms with Gasteiger partial charge in [0.2, 0.25) is 0 Å². The molecule has 0 fully saturated rings. The fourth-order valence-electron chi connectivity index (χ4n) is 2.25. The maximum atomic E-state index is 12.4. The molecule has 1 aromatic heterocycles. The van der Waals surface area contributed by atoms with Crippen LogP contribution in [0.15, 0.2) is 33.4 Å². The van der Waals surface area contributed by atoms with E-state index in [1.807, 2.05) is 29.6 Å². The zero-order valence-corrected chi connectivity index (χ0v) is 11.9. The normalized spacial score (nSPS) is 13.7. The number of hydrogen-bond acceptors (Lipinski definition) is 3. The van der Waals surface area contributed by atoms with Gasteiger partial charge in [-0.2, -0.15) is 0 Å². The minimum absolute atomic E-state index is 0.0429. The number of nitrogens with two attached hydrogens (primary N) is 1. The Morgan fingerprint density at radius 1 is 1.44 bits per heavy atom. The predicted molar refractivity (Wildman–Crippen MR) is 78.3 cm³/mol. The molecule has 2 aromatic rings. The van der Waals surface area contributed by atoms with E-state index in [0.717, 1.165) is 32.7 Å². The van der Waals surface area contributed by atoms with Gasteiger partial charge in [0.05, 0.1) is 9.35 Å². The third-order valence-electron chi connectivity index (χ3n) is 3.12. The van der Waals surface area contributed by atoms with Crippen molar-refractivity contribution in [1.82, 2.24) is 0 Å². The maximum Gasteiger partial charge on any atom is 0.259 e. The summed E-state index contributed by atoms with van der Waals surface area (Å²) < 4.78 is 0.970. The molecule has 1 amide bonds. The fourth-order valence-corrected chi connectivity index (χ4v) is 3.38. The number of carbonyl (C=O) groups excluding carboxylic acids is 1. The number of carbonyl (C=O) groups is 1. The van der Waals surface area contributed by atoms with Crippen molar-refractivity contribution in [3.8, 4) is 0 Å². The highest BCUT2D eigenvalue weighted by atomic mass is 79.9. The molecular formula is C13H11BrN2OS. The Balaban J connectivity index is 1.97. The summed E-state index contributed by atoms with van der Waals surface area (Å²) in [6.45, 7) is 0.704. The molecule has 1 aliphatic heterocycles. The molecule has 0 aliphatic carbocycles. The highest BCUT2D eigenvalue weighted by Crippen LogP contribution is 2.33. The lowest BCUT2D eigenvalue weighted by Gasteiger charge is -2.16. The number of nitrogen functional groups attached to an aromatic ring is 1. The molecule has 5 heteroatoms. The zero-order chi connectivity index (χ0) is 12.7. The first-order chi connectivity index (χ1) is 8.66. The molecule has 0 atom stereocenters. The van der Waals surface area contributed by atoms with Crippen LogP contribution in [0.1, 0.15) is 15.9 Å². The lowest BCUT2D eigenvalue weighted by Crippen LogP contribution is -2.28. The number of benzene rings is 1. The van der Waals surface area contributed by atoms with Crippen molar-refractivity contribution in [2.45, 2.75) is 6.42 Å². The summed E-state index contributed by atoms with van der Waals surface area (Å²) in [5, 5.41) is 1.87. The van der Waals surface area contributed by atoms with E-state index < -0.39 is 0 Å². The molecule has 2 heterocycles. The number of hydrogen-bond donors (Lipinski definition) is 1. The average molecular weight is 323 g/mol. The Bertz CT molecular complexity index is 623. The third kappa shape index (κ3) is 1.83. The van der Waals surface area contributed by atoms with Crippen LogP contribution in [0.4, 0.5) is 11.4 Å². The Morgan fingerprint density at radius 3 is 3.00 bits per heavy atom. The molecule has 3 nitrogen and oxygen atoms in total. The van der Waals surface area contributed by atoms with Gasteiger partial charge >= 0.3 is 0 Å². The largest absolute Gasteiger partial charge is 0.398 e. The molecule has 0 radical (unpaired) electrons. The van der Waals surface area contributed by atoms with Crippen LogP contribution in [0.3, 0.4) is 0 Å². The van der Waals surface area contributed by atoms with E-state index in [2.05, 4.69) is 15.9 Å². The van der Waals surface area contributed by atoms with Gasteiger partial charge < -0.3 is 10.6 Å². The van der Waals surface area contributed by atoms with Crippen LogP contribution in [0, 0.1) is 0 Å². The van der Waals surface area contributed by atoms with Gasteiger partial charge in [-0.05, 0) is 40.5 Å². The number of fused-ring (bicyclic) bond motifs is 1. The lowest BCUT2D eigenvalue weighted by molar-refractivity contribution is 0.0990. The highest BCUT2D eigenvalue weighted by molar-refractivity contribution is 9.11. The van der Waals surface area contributed by atoms with Gasteiger partial charge in [-0.25, -0.2) is 0 Å². The Kier molecular flexibility index (Phi) is 2.87. The monoisotopic (exact) mass is 322 g/mol. The lowest BCUT2D eigenvalue weighted by atomic mass is 10.1. The van der Waals surface area contributed by atoms with E-state index in [4.69, 9.17) is 5.73 Å². The molecule has 0 saturated carbocycles. The van der Waals surface area contributed by atoms with Crippen LogP contribution in [0.5, 0.6) is 0 Å². The van der Waals surface area contributed by atoms with Gasteiger partial charge in [0.15, 0.2) is 0 Å². The van der Waals surface area contributed by atoms with E-state index in [1.54, 1.807) is 4.90 Å². The smallest absolute Gasteiger partial charge is 0.259 e. The minimum atomic E-state index is 0.0429. The first-order valence-electron chi connectivity index (χ1n) is 5.60. The molecule has 0 bridgehead atoms. The molecule has 1 aromatic carbocycles. The number of anilines is 2. The van der Waals surface area contributed by atoms with E-state index >= 15 is 0 Å². The quantitative estimate of drug-likeness (QED) is 0.819. The van der Waals surface area contributed by atoms with Crippen molar-refractivity contribution in [3.05, 3.63) is 44.6 Å². The second-order valence-electron chi connectivity index (χ2n) is 4.19.